The van der Waals surface area contributed by atoms with Crippen LogP contribution in [-0.2, 0) is 22.6 Å². The Hall–Kier alpha value is -2.66. The van der Waals surface area contributed by atoms with E-state index in [1.165, 1.54) is 11.1 Å². The van der Waals surface area contributed by atoms with Gasteiger partial charge >= 0.3 is 5.97 Å². The fourth-order valence-electron chi connectivity index (χ4n) is 2.82. The number of amides is 1. The van der Waals surface area contributed by atoms with E-state index in [2.05, 4.69) is 22.3 Å². The smallest absolute Gasteiger partial charge is 0.338 e. The highest BCUT2D eigenvalue weighted by atomic mass is 16.5. The van der Waals surface area contributed by atoms with Crippen LogP contribution in [0.15, 0.2) is 48.5 Å². The van der Waals surface area contributed by atoms with Crippen molar-refractivity contribution in [1.82, 2.24) is 4.90 Å². The Bertz CT molecular complexity index is 716. The molecule has 5 heteroatoms. The van der Waals surface area contributed by atoms with Crippen molar-refractivity contribution in [3.8, 4) is 0 Å². The molecule has 0 aliphatic carbocycles. The molecule has 1 N–H and O–H groups in total. The molecular weight excluding hydrogens is 304 g/mol. The van der Waals surface area contributed by atoms with Gasteiger partial charge in [-0.3, -0.25) is 9.69 Å². The number of hydrogen-bond donors (Lipinski definition) is 1. The number of esters is 1. The molecule has 0 saturated carbocycles. The molecule has 0 radical (unpaired) electrons. The van der Waals surface area contributed by atoms with Crippen LogP contribution in [-0.4, -0.2) is 29.9 Å². The molecule has 0 bridgehead atoms. The molecule has 0 fully saturated rings. The van der Waals surface area contributed by atoms with Crippen LogP contribution >= 0.6 is 0 Å². The second-order valence-electron chi connectivity index (χ2n) is 5.76. The van der Waals surface area contributed by atoms with Crippen molar-refractivity contribution in [3.05, 3.63) is 65.2 Å². The quantitative estimate of drug-likeness (QED) is 0.859. The van der Waals surface area contributed by atoms with Gasteiger partial charge in [0, 0.05) is 18.8 Å². The second-order valence-corrected chi connectivity index (χ2v) is 5.76. The Labute approximate surface area is 141 Å². The second kappa shape index (κ2) is 7.27. The standard InChI is InChI=1S/C19H20N2O3/c1-2-24-19(23)14-7-9-17(10-8-14)20-18(22)13-21-11-15-5-3-4-6-16(15)12-21/h3-10H,2,11-13H2,1H3,(H,20,22). The summed E-state index contributed by atoms with van der Waals surface area (Å²) in [6.07, 6.45) is 0. The molecule has 0 aromatic heterocycles. The third kappa shape index (κ3) is 3.81. The highest BCUT2D eigenvalue weighted by Crippen LogP contribution is 2.21. The molecule has 2 aromatic carbocycles. The Balaban J connectivity index is 1.53. The Morgan fingerprint density at radius 2 is 1.67 bits per heavy atom. The van der Waals surface area contributed by atoms with Crippen LogP contribution in [0.4, 0.5) is 5.69 Å². The lowest BCUT2D eigenvalue weighted by molar-refractivity contribution is -0.117. The fourth-order valence-corrected chi connectivity index (χ4v) is 2.82. The molecule has 0 spiro atoms. The summed E-state index contributed by atoms with van der Waals surface area (Å²) in [7, 11) is 0. The predicted molar refractivity (Wildman–Crippen MR) is 91.6 cm³/mol. The first-order valence-electron chi connectivity index (χ1n) is 8.02. The molecule has 1 heterocycles. The van der Waals surface area contributed by atoms with Crippen molar-refractivity contribution in [2.24, 2.45) is 0 Å². The lowest BCUT2D eigenvalue weighted by atomic mass is 10.1. The topological polar surface area (TPSA) is 58.6 Å². The van der Waals surface area contributed by atoms with E-state index in [4.69, 9.17) is 4.74 Å². The molecule has 0 saturated heterocycles. The van der Waals surface area contributed by atoms with Crippen LogP contribution in [0.25, 0.3) is 0 Å². The van der Waals surface area contributed by atoms with Gasteiger partial charge in [-0.05, 0) is 42.3 Å². The van der Waals surface area contributed by atoms with E-state index in [-0.39, 0.29) is 11.9 Å². The maximum absolute atomic E-state index is 12.2. The molecule has 1 aliphatic rings. The predicted octanol–water partition coefficient (Wildman–Crippen LogP) is 2.82. The monoisotopic (exact) mass is 324 g/mol. The average Bonchev–Trinajstić information content (AvgIpc) is 2.97. The van der Waals surface area contributed by atoms with E-state index in [1.807, 2.05) is 12.1 Å². The zero-order valence-corrected chi connectivity index (χ0v) is 13.6. The first kappa shape index (κ1) is 16.2. The van der Waals surface area contributed by atoms with Crippen molar-refractivity contribution in [2.45, 2.75) is 20.0 Å². The lowest BCUT2D eigenvalue weighted by Gasteiger charge is -2.14. The fraction of sp³-hybridized carbons (Fsp3) is 0.263. The highest BCUT2D eigenvalue weighted by molar-refractivity contribution is 5.94. The number of benzene rings is 2. The van der Waals surface area contributed by atoms with Crippen LogP contribution in [0.5, 0.6) is 0 Å². The minimum Gasteiger partial charge on any atom is -0.462 e. The van der Waals surface area contributed by atoms with Crippen LogP contribution in [0.1, 0.15) is 28.4 Å². The summed E-state index contributed by atoms with van der Waals surface area (Å²) in [6.45, 7) is 4.05. The minimum absolute atomic E-state index is 0.0632. The molecule has 1 aliphatic heterocycles. The van der Waals surface area contributed by atoms with Crippen molar-refractivity contribution in [1.29, 1.82) is 0 Å². The Morgan fingerprint density at radius 1 is 1.04 bits per heavy atom. The summed E-state index contributed by atoms with van der Waals surface area (Å²) in [6, 6.07) is 15.0. The number of nitrogens with zero attached hydrogens (tertiary/aromatic N) is 1. The Morgan fingerprint density at radius 3 is 2.25 bits per heavy atom. The van der Waals surface area contributed by atoms with E-state index < -0.39 is 0 Å². The number of fused-ring (bicyclic) bond motifs is 1. The lowest BCUT2D eigenvalue weighted by Crippen LogP contribution is -2.29. The van der Waals surface area contributed by atoms with Crippen LogP contribution < -0.4 is 5.32 Å². The van der Waals surface area contributed by atoms with E-state index in [9.17, 15) is 9.59 Å². The third-order valence-corrected chi connectivity index (χ3v) is 3.95. The van der Waals surface area contributed by atoms with Crippen LogP contribution in [0, 0.1) is 0 Å². The number of ether oxygens (including phenoxy) is 1. The van der Waals surface area contributed by atoms with E-state index in [0.717, 1.165) is 13.1 Å². The zero-order valence-electron chi connectivity index (χ0n) is 13.6. The van der Waals surface area contributed by atoms with Crippen molar-refractivity contribution in [3.63, 3.8) is 0 Å². The maximum atomic E-state index is 12.2. The molecule has 124 valence electrons. The molecule has 3 rings (SSSR count). The zero-order chi connectivity index (χ0) is 16.9. The summed E-state index contributed by atoms with van der Waals surface area (Å²) < 4.78 is 4.94. The van der Waals surface area contributed by atoms with Gasteiger partial charge in [0.2, 0.25) is 5.91 Å². The molecule has 0 atom stereocenters. The van der Waals surface area contributed by atoms with Crippen molar-refractivity contribution >= 4 is 17.6 Å². The number of hydrogen-bond acceptors (Lipinski definition) is 4. The maximum Gasteiger partial charge on any atom is 0.338 e. The number of rotatable bonds is 5. The van der Waals surface area contributed by atoms with Gasteiger partial charge in [-0.1, -0.05) is 24.3 Å². The van der Waals surface area contributed by atoms with Gasteiger partial charge < -0.3 is 10.1 Å². The number of nitrogens with one attached hydrogen (secondary N) is 1. The first-order valence-corrected chi connectivity index (χ1v) is 8.02. The minimum atomic E-state index is -0.356. The largest absolute Gasteiger partial charge is 0.462 e. The van der Waals surface area contributed by atoms with Gasteiger partial charge in [0.15, 0.2) is 0 Å². The first-order chi connectivity index (χ1) is 11.7. The summed E-state index contributed by atoms with van der Waals surface area (Å²) >= 11 is 0. The summed E-state index contributed by atoms with van der Waals surface area (Å²) in [4.78, 5) is 25.9. The summed E-state index contributed by atoms with van der Waals surface area (Å²) in [5.41, 5.74) is 3.71. The molecular formula is C19H20N2O3. The summed E-state index contributed by atoms with van der Waals surface area (Å²) in [5, 5.41) is 2.86. The highest BCUT2D eigenvalue weighted by Gasteiger charge is 2.20. The van der Waals surface area contributed by atoms with Gasteiger partial charge in [-0.2, -0.15) is 0 Å². The molecule has 0 unspecified atom stereocenters. The average molecular weight is 324 g/mol. The van der Waals surface area contributed by atoms with Crippen molar-refractivity contribution in [2.75, 3.05) is 18.5 Å². The Kier molecular flexibility index (Phi) is 4.91. The van der Waals surface area contributed by atoms with E-state index in [0.29, 0.717) is 24.4 Å². The number of carbonyl (C=O) groups excluding carboxylic acids is 2. The van der Waals surface area contributed by atoms with Gasteiger partial charge in [0.25, 0.3) is 0 Å². The number of anilines is 1. The summed E-state index contributed by atoms with van der Waals surface area (Å²) in [5.74, 6) is -0.420. The van der Waals surface area contributed by atoms with Crippen LogP contribution in [0.3, 0.4) is 0 Å². The SMILES string of the molecule is CCOC(=O)c1ccc(NC(=O)CN2Cc3ccccc3C2)cc1. The van der Waals surface area contributed by atoms with E-state index in [1.54, 1.807) is 31.2 Å². The third-order valence-electron chi connectivity index (χ3n) is 3.95. The molecule has 1 amide bonds. The van der Waals surface area contributed by atoms with Crippen LogP contribution in [0.2, 0.25) is 0 Å². The number of carbonyl (C=O) groups is 2. The molecule has 5 nitrogen and oxygen atoms in total. The van der Waals surface area contributed by atoms with E-state index >= 15 is 0 Å². The van der Waals surface area contributed by atoms with Gasteiger partial charge in [0.05, 0.1) is 18.7 Å². The van der Waals surface area contributed by atoms with Gasteiger partial charge in [-0.25, -0.2) is 4.79 Å². The van der Waals surface area contributed by atoms with Crippen molar-refractivity contribution < 1.29 is 14.3 Å². The molecule has 24 heavy (non-hydrogen) atoms. The van der Waals surface area contributed by atoms with Gasteiger partial charge in [0.1, 0.15) is 0 Å². The van der Waals surface area contributed by atoms with Gasteiger partial charge in [-0.15, -0.1) is 0 Å². The normalized spacial score (nSPS) is 13.4. The molecule has 2 aromatic rings.